The minimum Gasteiger partial charge on any atom is -0.327 e. The third-order valence-corrected chi connectivity index (χ3v) is 3.41. The molecule has 0 unspecified atom stereocenters. The van der Waals surface area contributed by atoms with Crippen molar-refractivity contribution in [3.05, 3.63) is 39.9 Å². The van der Waals surface area contributed by atoms with E-state index in [2.05, 4.69) is 4.90 Å². The lowest BCUT2D eigenvalue weighted by atomic mass is 10.1. The van der Waals surface area contributed by atoms with Crippen LogP contribution in [-0.2, 0) is 6.42 Å². The highest BCUT2D eigenvalue weighted by molar-refractivity contribution is 5.85. The van der Waals surface area contributed by atoms with Crippen LogP contribution in [0.1, 0.15) is 18.4 Å². The smallest absolute Gasteiger partial charge is 0.269 e. The second kappa shape index (κ2) is 9.13. The van der Waals surface area contributed by atoms with Gasteiger partial charge >= 0.3 is 0 Å². The van der Waals surface area contributed by atoms with Crippen molar-refractivity contribution in [2.24, 2.45) is 5.73 Å². The summed E-state index contributed by atoms with van der Waals surface area (Å²) in [6.07, 6.45) is 3.21. The lowest BCUT2D eigenvalue weighted by Gasteiger charge is -2.30. The summed E-state index contributed by atoms with van der Waals surface area (Å²) in [5.74, 6) is 0. The normalized spacial score (nSPS) is 18.8. The molecule has 0 radical (unpaired) electrons. The first kappa shape index (κ1) is 19.1. The summed E-state index contributed by atoms with van der Waals surface area (Å²) in [7, 11) is 0. The third kappa shape index (κ3) is 5.63. The van der Waals surface area contributed by atoms with E-state index in [9.17, 15) is 10.1 Å². The fourth-order valence-corrected chi connectivity index (χ4v) is 2.37. The molecular formula is C13H21Cl2N3O2. The van der Waals surface area contributed by atoms with Crippen LogP contribution < -0.4 is 5.73 Å². The van der Waals surface area contributed by atoms with Gasteiger partial charge in [0, 0.05) is 31.3 Å². The van der Waals surface area contributed by atoms with Crippen molar-refractivity contribution in [2.45, 2.75) is 25.3 Å². The van der Waals surface area contributed by atoms with Crippen LogP contribution in [0.4, 0.5) is 5.69 Å². The Morgan fingerprint density at radius 2 is 1.95 bits per heavy atom. The SMILES string of the molecule is Cl.Cl.N[C@H]1CCCN(CCc2ccc([N+](=O)[O-])cc2)C1. The number of rotatable bonds is 4. The molecule has 7 heteroatoms. The number of nitrogens with two attached hydrogens (primary N) is 1. The number of benzene rings is 1. The van der Waals surface area contributed by atoms with E-state index in [1.54, 1.807) is 12.1 Å². The second-order valence-electron chi connectivity index (χ2n) is 4.88. The number of piperidine rings is 1. The first-order valence-electron chi connectivity index (χ1n) is 6.36. The fourth-order valence-electron chi connectivity index (χ4n) is 2.37. The number of nitro benzene ring substituents is 1. The Bertz CT molecular complexity index is 415. The maximum absolute atomic E-state index is 10.5. The van der Waals surface area contributed by atoms with Crippen molar-refractivity contribution in [1.82, 2.24) is 4.90 Å². The molecule has 1 atom stereocenters. The summed E-state index contributed by atoms with van der Waals surface area (Å²) in [4.78, 5) is 12.5. The van der Waals surface area contributed by atoms with Gasteiger partial charge in [0.2, 0.25) is 0 Å². The average molecular weight is 322 g/mol. The largest absolute Gasteiger partial charge is 0.327 e. The van der Waals surface area contributed by atoms with Crippen LogP contribution in [0, 0.1) is 10.1 Å². The minimum atomic E-state index is -0.368. The predicted molar refractivity (Wildman–Crippen MR) is 84.9 cm³/mol. The molecule has 5 nitrogen and oxygen atoms in total. The van der Waals surface area contributed by atoms with Crippen molar-refractivity contribution in [2.75, 3.05) is 19.6 Å². The highest BCUT2D eigenvalue weighted by Crippen LogP contribution is 2.14. The Labute approximate surface area is 131 Å². The fraction of sp³-hybridized carbons (Fsp3) is 0.538. The van der Waals surface area contributed by atoms with Crippen molar-refractivity contribution in [1.29, 1.82) is 0 Å². The summed E-state index contributed by atoms with van der Waals surface area (Å²) in [5, 5.41) is 10.5. The van der Waals surface area contributed by atoms with Gasteiger partial charge in [0.1, 0.15) is 0 Å². The average Bonchev–Trinajstić information content (AvgIpc) is 2.37. The zero-order valence-electron chi connectivity index (χ0n) is 11.2. The molecule has 1 aromatic rings. The molecule has 1 saturated heterocycles. The van der Waals surface area contributed by atoms with Gasteiger partial charge in [-0.2, -0.15) is 0 Å². The molecule has 1 aromatic carbocycles. The minimum absolute atomic E-state index is 0. The zero-order valence-corrected chi connectivity index (χ0v) is 12.9. The van der Waals surface area contributed by atoms with E-state index >= 15 is 0 Å². The number of halogens is 2. The molecule has 0 aliphatic carbocycles. The van der Waals surface area contributed by atoms with Crippen molar-refractivity contribution < 1.29 is 4.92 Å². The highest BCUT2D eigenvalue weighted by Gasteiger charge is 2.16. The molecule has 20 heavy (non-hydrogen) atoms. The summed E-state index contributed by atoms with van der Waals surface area (Å²) < 4.78 is 0. The van der Waals surface area contributed by atoms with E-state index in [4.69, 9.17) is 5.73 Å². The Kier molecular flexibility index (Phi) is 8.73. The quantitative estimate of drug-likeness (QED) is 0.682. The topological polar surface area (TPSA) is 72.4 Å². The van der Waals surface area contributed by atoms with E-state index in [-0.39, 0.29) is 35.4 Å². The van der Waals surface area contributed by atoms with Gasteiger partial charge < -0.3 is 10.6 Å². The summed E-state index contributed by atoms with van der Waals surface area (Å²) in [6.45, 7) is 3.05. The molecule has 2 N–H and O–H groups in total. The number of likely N-dealkylation sites (tertiary alicyclic amines) is 1. The van der Waals surface area contributed by atoms with E-state index in [1.807, 2.05) is 12.1 Å². The molecule has 0 saturated carbocycles. The van der Waals surface area contributed by atoms with E-state index in [0.717, 1.165) is 38.0 Å². The molecule has 1 aliphatic rings. The standard InChI is InChI=1S/C13H19N3O2.2ClH/c14-12-2-1-8-15(10-12)9-7-11-3-5-13(6-4-11)16(17)18;;/h3-6,12H,1-2,7-10,14H2;2*1H/t12-;;/m0../s1. The van der Waals surface area contributed by atoms with Crippen LogP contribution in [0.2, 0.25) is 0 Å². The first-order valence-corrected chi connectivity index (χ1v) is 6.36. The van der Waals surface area contributed by atoms with Crippen LogP contribution in [-0.4, -0.2) is 35.5 Å². The van der Waals surface area contributed by atoms with E-state index in [1.165, 1.54) is 6.42 Å². The van der Waals surface area contributed by atoms with E-state index < -0.39 is 0 Å². The molecule has 1 fully saturated rings. The highest BCUT2D eigenvalue weighted by atomic mass is 35.5. The van der Waals surface area contributed by atoms with Crippen molar-refractivity contribution in [3.8, 4) is 0 Å². The van der Waals surface area contributed by atoms with Crippen LogP contribution in [0.15, 0.2) is 24.3 Å². The molecule has 1 aliphatic heterocycles. The van der Waals surface area contributed by atoms with Crippen LogP contribution in [0.3, 0.4) is 0 Å². The summed E-state index contributed by atoms with van der Waals surface area (Å²) in [6, 6.07) is 7.11. The Hall–Kier alpha value is -0.880. The molecule has 0 aromatic heterocycles. The third-order valence-electron chi connectivity index (χ3n) is 3.41. The monoisotopic (exact) mass is 321 g/mol. The summed E-state index contributed by atoms with van der Waals surface area (Å²) >= 11 is 0. The molecule has 114 valence electrons. The van der Waals surface area contributed by atoms with E-state index in [0.29, 0.717) is 6.04 Å². The van der Waals surface area contributed by atoms with Gasteiger partial charge in [0.25, 0.3) is 5.69 Å². The lowest BCUT2D eigenvalue weighted by molar-refractivity contribution is -0.384. The van der Waals surface area contributed by atoms with Gasteiger partial charge in [0.05, 0.1) is 4.92 Å². The van der Waals surface area contributed by atoms with Gasteiger partial charge in [-0.05, 0) is 31.4 Å². The second-order valence-corrected chi connectivity index (χ2v) is 4.88. The Morgan fingerprint density at radius 3 is 2.50 bits per heavy atom. The zero-order chi connectivity index (χ0) is 13.0. The van der Waals surface area contributed by atoms with Gasteiger partial charge in [-0.1, -0.05) is 12.1 Å². The van der Waals surface area contributed by atoms with Gasteiger partial charge in [-0.25, -0.2) is 0 Å². The molecular weight excluding hydrogens is 301 g/mol. The number of hydrogen-bond donors (Lipinski definition) is 1. The van der Waals surface area contributed by atoms with Crippen LogP contribution in [0.25, 0.3) is 0 Å². The Balaban J connectivity index is 0.00000180. The van der Waals surface area contributed by atoms with Crippen molar-refractivity contribution >= 4 is 30.5 Å². The van der Waals surface area contributed by atoms with Gasteiger partial charge in [-0.3, -0.25) is 10.1 Å². The van der Waals surface area contributed by atoms with Gasteiger partial charge in [0.15, 0.2) is 0 Å². The number of nitro groups is 1. The molecule has 0 bridgehead atoms. The first-order chi connectivity index (χ1) is 8.65. The van der Waals surface area contributed by atoms with Gasteiger partial charge in [-0.15, -0.1) is 24.8 Å². The van der Waals surface area contributed by atoms with Crippen LogP contribution >= 0.6 is 24.8 Å². The maximum atomic E-state index is 10.5. The molecule has 0 spiro atoms. The van der Waals surface area contributed by atoms with Crippen molar-refractivity contribution in [3.63, 3.8) is 0 Å². The number of nitrogens with zero attached hydrogens (tertiary/aromatic N) is 2. The Morgan fingerprint density at radius 1 is 1.30 bits per heavy atom. The van der Waals surface area contributed by atoms with Crippen LogP contribution in [0.5, 0.6) is 0 Å². The number of non-ortho nitro benzene ring substituents is 1. The molecule has 2 rings (SSSR count). The maximum Gasteiger partial charge on any atom is 0.269 e. The summed E-state index contributed by atoms with van der Waals surface area (Å²) in [5.41, 5.74) is 7.22. The predicted octanol–water partition coefficient (Wildman–Crippen LogP) is 2.40. The molecule has 1 heterocycles. The lowest BCUT2D eigenvalue weighted by Crippen LogP contribution is -2.43. The number of hydrogen-bond acceptors (Lipinski definition) is 4. The molecule has 0 amide bonds.